The molecule has 2 aromatic rings. The minimum atomic E-state index is -3.63. The standard InChI is InChI=1S/C23H30F2N2O3S/c1-3-15-7-8-17-5-4-6-21(20(17)11-15)26-14-23(28)22(27-31(2,29)30)12-16-9-18(24)13-19(25)10-16/h7-11,13,21-23,26-28H,3-6,12,14H2,1-2H3. The molecule has 170 valence electrons. The Kier molecular flexibility index (Phi) is 7.80. The molecular formula is C23H30F2N2O3S. The minimum absolute atomic E-state index is 0.0359. The van der Waals surface area contributed by atoms with Crippen LogP contribution in [0.4, 0.5) is 8.78 Å². The number of aliphatic hydroxyl groups is 1. The van der Waals surface area contributed by atoms with Crippen LogP contribution in [0.15, 0.2) is 36.4 Å². The molecule has 0 heterocycles. The summed E-state index contributed by atoms with van der Waals surface area (Å²) in [6.45, 7) is 2.25. The summed E-state index contributed by atoms with van der Waals surface area (Å²) in [5, 5.41) is 14.1. The van der Waals surface area contributed by atoms with Gasteiger partial charge in [0, 0.05) is 18.7 Å². The summed E-state index contributed by atoms with van der Waals surface area (Å²) in [5.74, 6) is -1.49. The normalized spacial score (nSPS) is 18.4. The van der Waals surface area contributed by atoms with E-state index in [1.54, 1.807) is 0 Å². The lowest BCUT2D eigenvalue weighted by atomic mass is 9.86. The molecule has 1 aliphatic rings. The highest BCUT2D eigenvalue weighted by Crippen LogP contribution is 2.30. The summed E-state index contributed by atoms with van der Waals surface area (Å²) in [6, 6.07) is 8.68. The summed E-state index contributed by atoms with van der Waals surface area (Å²) in [7, 11) is -3.63. The fourth-order valence-corrected chi connectivity index (χ4v) is 4.99. The van der Waals surface area contributed by atoms with E-state index in [2.05, 4.69) is 35.2 Å². The SMILES string of the molecule is CCc1ccc2c(c1)C(NCC(O)C(Cc1cc(F)cc(F)c1)NS(C)(=O)=O)CCC2. The summed E-state index contributed by atoms with van der Waals surface area (Å²) in [5.41, 5.74) is 4.03. The molecule has 0 fully saturated rings. The van der Waals surface area contributed by atoms with Crippen molar-refractivity contribution in [2.45, 2.75) is 57.2 Å². The van der Waals surface area contributed by atoms with Gasteiger partial charge >= 0.3 is 0 Å². The number of aliphatic hydroxyl groups excluding tert-OH is 1. The molecule has 0 spiro atoms. The van der Waals surface area contributed by atoms with Crippen molar-refractivity contribution in [2.75, 3.05) is 12.8 Å². The number of rotatable bonds is 9. The topological polar surface area (TPSA) is 78.4 Å². The smallest absolute Gasteiger partial charge is 0.209 e. The van der Waals surface area contributed by atoms with E-state index < -0.39 is 33.8 Å². The first-order chi connectivity index (χ1) is 14.6. The Morgan fingerprint density at radius 2 is 1.84 bits per heavy atom. The van der Waals surface area contributed by atoms with Gasteiger partial charge in [0.25, 0.3) is 0 Å². The zero-order chi connectivity index (χ0) is 22.6. The van der Waals surface area contributed by atoms with Gasteiger partial charge < -0.3 is 10.4 Å². The van der Waals surface area contributed by atoms with Crippen LogP contribution < -0.4 is 10.0 Å². The van der Waals surface area contributed by atoms with Crippen LogP contribution in [0.2, 0.25) is 0 Å². The first-order valence-electron chi connectivity index (χ1n) is 10.6. The summed E-state index contributed by atoms with van der Waals surface area (Å²) >= 11 is 0. The van der Waals surface area contributed by atoms with Gasteiger partial charge in [-0.25, -0.2) is 21.9 Å². The van der Waals surface area contributed by atoms with Crippen molar-refractivity contribution < 1.29 is 22.3 Å². The number of nitrogens with one attached hydrogen (secondary N) is 2. The Hall–Kier alpha value is -1.87. The van der Waals surface area contributed by atoms with Gasteiger partial charge in [-0.3, -0.25) is 0 Å². The zero-order valence-corrected chi connectivity index (χ0v) is 18.7. The highest BCUT2D eigenvalue weighted by Gasteiger charge is 2.26. The van der Waals surface area contributed by atoms with Gasteiger partial charge in [-0.1, -0.05) is 25.1 Å². The van der Waals surface area contributed by atoms with Crippen molar-refractivity contribution in [1.82, 2.24) is 10.0 Å². The Labute approximate surface area is 182 Å². The lowest BCUT2D eigenvalue weighted by Crippen LogP contribution is -2.49. The molecule has 31 heavy (non-hydrogen) atoms. The third-order valence-electron chi connectivity index (χ3n) is 5.71. The van der Waals surface area contributed by atoms with Gasteiger partial charge in [0.05, 0.1) is 18.4 Å². The van der Waals surface area contributed by atoms with Crippen molar-refractivity contribution >= 4 is 10.0 Å². The van der Waals surface area contributed by atoms with Crippen LogP contribution in [-0.2, 0) is 29.3 Å². The van der Waals surface area contributed by atoms with Gasteiger partial charge in [0.2, 0.25) is 10.0 Å². The van der Waals surface area contributed by atoms with Crippen LogP contribution in [0.25, 0.3) is 0 Å². The maximum atomic E-state index is 13.6. The average molecular weight is 453 g/mol. The van der Waals surface area contributed by atoms with Crippen LogP contribution in [0.5, 0.6) is 0 Å². The second kappa shape index (κ2) is 10.2. The Bertz CT molecular complexity index is 994. The van der Waals surface area contributed by atoms with Crippen LogP contribution in [0.3, 0.4) is 0 Å². The molecule has 3 unspecified atom stereocenters. The number of benzene rings is 2. The van der Waals surface area contributed by atoms with Crippen molar-refractivity contribution in [3.8, 4) is 0 Å². The zero-order valence-electron chi connectivity index (χ0n) is 17.9. The number of hydrogen-bond acceptors (Lipinski definition) is 4. The molecule has 0 aromatic heterocycles. The average Bonchev–Trinajstić information content (AvgIpc) is 2.69. The Morgan fingerprint density at radius 1 is 1.13 bits per heavy atom. The molecule has 5 nitrogen and oxygen atoms in total. The van der Waals surface area contributed by atoms with E-state index in [0.717, 1.165) is 50.1 Å². The maximum absolute atomic E-state index is 13.6. The lowest BCUT2D eigenvalue weighted by Gasteiger charge is -2.30. The van der Waals surface area contributed by atoms with Crippen molar-refractivity contribution in [3.63, 3.8) is 0 Å². The molecule has 8 heteroatoms. The fraction of sp³-hybridized carbons (Fsp3) is 0.478. The lowest BCUT2D eigenvalue weighted by molar-refractivity contribution is 0.130. The van der Waals surface area contributed by atoms with E-state index in [1.807, 2.05) is 0 Å². The Balaban J connectivity index is 1.73. The van der Waals surface area contributed by atoms with Crippen molar-refractivity contribution in [1.29, 1.82) is 0 Å². The number of hydrogen-bond donors (Lipinski definition) is 3. The van der Waals surface area contributed by atoms with Crippen molar-refractivity contribution in [2.24, 2.45) is 0 Å². The van der Waals surface area contributed by atoms with Gasteiger partial charge in [-0.2, -0.15) is 0 Å². The number of halogens is 2. The molecule has 3 atom stereocenters. The van der Waals surface area contributed by atoms with E-state index in [0.29, 0.717) is 0 Å². The number of sulfonamides is 1. The predicted molar refractivity (Wildman–Crippen MR) is 117 cm³/mol. The molecule has 0 aliphatic heterocycles. The monoisotopic (exact) mass is 452 g/mol. The highest BCUT2D eigenvalue weighted by molar-refractivity contribution is 7.88. The van der Waals surface area contributed by atoms with Crippen LogP contribution in [-0.4, -0.2) is 38.5 Å². The van der Waals surface area contributed by atoms with Crippen LogP contribution >= 0.6 is 0 Å². The second-order valence-electron chi connectivity index (χ2n) is 8.29. The van der Waals surface area contributed by atoms with E-state index in [4.69, 9.17) is 0 Å². The third-order valence-corrected chi connectivity index (χ3v) is 6.45. The quantitative estimate of drug-likeness (QED) is 0.547. The first-order valence-corrected chi connectivity index (χ1v) is 12.5. The maximum Gasteiger partial charge on any atom is 0.209 e. The van der Waals surface area contributed by atoms with E-state index in [9.17, 15) is 22.3 Å². The van der Waals surface area contributed by atoms with E-state index in [1.165, 1.54) is 16.7 Å². The van der Waals surface area contributed by atoms with Gasteiger partial charge in [0.15, 0.2) is 0 Å². The second-order valence-corrected chi connectivity index (χ2v) is 10.1. The molecule has 0 radical (unpaired) electrons. The van der Waals surface area contributed by atoms with Crippen LogP contribution in [0, 0.1) is 11.6 Å². The molecule has 3 N–H and O–H groups in total. The van der Waals surface area contributed by atoms with Crippen molar-refractivity contribution in [3.05, 3.63) is 70.3 Å². The molecule has 1 aliphatic carbocycles. The molecular weight excluding hydrogens is 422 g/mol. The van der Waals surface area contributed by atoms with Gasteiger partial charge in [0.1, 0.15) is 11.6 Å². The van der Waals surface area contributed by atoms with Gasteiger partial charge in [-0.15, -0.1) is 0 Å². The van der Waals surface area contributed by atoms with Gasteiger partial charge in [-0.05, 0) is 66.5 Å². The largest absolute Gasteiger partial charge is 0.390 e. The molecule has 0 saturated carbocycles. The third kappa shape index (κ3) is 6.80. The summed E-state index contributed by atoms with van der Waals surface area (Å²) in [6.07, 6.45) is 3.78. The molecule has 2 aromatic carbocycles. The molecule has 0 bridgehead atoms. The first kappa shape index (κ1) is 23.8. The minimum Gasteiger partial charge on any atom is -0.390 e. The molecule has 3 rings (SSSR count). The summed E-state index contributed by atoms with van der Waals surface area (Å²) < 4.78 is 53.2. The Morgan fingerprint density at radius 3 is 2.48 bits per heavy atom. The highest BCUT2D eigenvalue weighted by atomic mass is 32.2. The summed E-state index contributed by atoms with van der Waals surface area (Å²) in [4.78, 5) is 0. The fourth-order valence-electron chi connectivity index (χ4n) is 4.20. The van der Waals surface area contributed by atoms with E-state index in [-0.39, 0.29) is 24.6 Å². The predicted octanol–water partition coefficient (Wildman–Crippen LogP) is 3.02. The van der Waals surface area contributed by atoms with E-state index >= 15 is 0 Å². The van der Waals surface area contributed by atoms with Crippen LogP contribution in [0.1, 0.15) is 48.1 Å². The molecule has 0 saturated heterocycles. The molecule has 0 amide bonds. The number of aryl methyl sites for hydroxylation is 2. The number of fused-ring (bicyclic) bond motifs is 1.